The zero-order valence-corrected chi connectivity index (χ0v) is 10.1. The number of aliphatic carboxylic acids is 1. The summed E-state index contributed by atoms with van der Waals surface area (Å²) in [5, 5.41) is 13.8. The number of nitrogens with one attached hydrogen (secondary N) is 2. The van der Waals surface area contributed by atoms with E-state index in [1.54, 1.807) is 0 Å². The number of amides is 2. The van der Waals surface area contributed by atoms with Crippen LogP contribution < -0.4 is 10.6 Å². The summed E-state index contributed by atoms with van der Waals surface area (Å²) in [6, 6.07) is -0.395. The maximum atomic E-state index is 11.5. The molecule has 1 unspecified atom stereocenters. The highest BCUT2D eigenvalue weighted by molar-refractivity contribution is 5.88. The second-order valence-electron chi connectivity index (χ2n) is 3.83. The Hall–Kier alpha value is -2.18. The van der Waals surface area contributed by atoms with Crippen LogP contribution in [-0.2, 0) is 4.79 Å². The standard InChI is InChI=1S/C11H16N4O3/c1-2-8(3-10(16)17)4-14-11(18)15-9-5-12-7-13-6-9/h5-8H,2-4H2,1H3,(H,16,17)(H2,14,15,18). The molecular weight excluding hydrogens is 236 g/mol. The van der Waals surface area contributed by atoms with Crippen LogP contribution in [0.4, 0.5) is 10.5 Å². The molecule has 0 saturated carbocycles. The summed E-state index contributed by atoms with van der Waals surface area (Å²) >= 11 is 0. The highest BCUT2D eigenvalue weighted by Crippen LogP contribution is 2.06. The largest absolute Gasteiger partial charge is 0.481 e. The predicted octanol–water partition coefficient (Wildman–Crippen LogP) is 1.10. The number of rotatable bonds is 6. The molecule has 0 radical (unpaired) electrons. The molecule has 0 aliphatic carbocycles. The Labute approximate surface area is 105 Å². The normalized spacial score (nSPS) is 11.6. The molecule has 0 bridgehead atoms. The average molecular weight is 252 g/mol. The number of urea groups is 1. The molecule has 0 aromatic carbocycles. The molecule has 1 aromatic heterocycles. The van der Waals surface area contributed by atoms with Crippen LogP contribution in [0.25, 0.3) is 0 Å². The lowest BCUT2D eigenvalue weighted by Crippen LogP contribution is -2.33. The predicted molar refractivity (Wildman–Crippen MR) is 65.1 cm³/mol. The van der Waals surface area contributed by atoms with Crippen molar-refractivity contribution in [1.82, 2.24) is 15.3 Å². The number of carbonyl (C=O) groups excluding carboxylic acids is 1. The van der Waals surface area contributed by atoms with E-state index in [9.17, 15) is 9.59 Å². The van der Waals surface area contributed by atoms with Gasteiger partial charge in [0.15, 0.2) is 0 Å². The molecule has 18 heavy (non-hydrogen) atoms. The Morgan fingerprint density at radius 1 is 1.39 bits per heavy atom. The van der Waals surface area contributed by atoms with E-state index in [4.69, 9.17) is 5.11 Å². The van der Waals surface area contributed by atoms with Crippen LogP contribution in [0, 0.1) is 5.92 Å². The van der Waals surface area contributed by atoms with Gasteiger partial charge in [-0.05, 0) is 5.92 Å². The van der Waals surface area contributed by atoms with Crippen LogP contribution in [0.15, 0.2) is 18.7 Å². The number of aromatic nitrogens is 2. The van der Waals surface area contributed by atoms with Gasteiger partial charge in [0, 0.05) is 13.0 Å². The fourth-order valence-electron chi connectivity index (χ4n) is 1.38. The van der Waals surface area contributed by atoms with Crippen LogP contribution in [0.5, 0.6) is 0 Å². The molecule has 0 spiro atoms. The second kappa shape index (κ2) is 7.21. The van der Waals surface area contributed by atoms with Gasteiger partial charge in [0.05, 0.1) is 18.1 Å². The first-order valence-corrected chi connectivity index (χ1v) is 5.63. The van der Waals surface area contributed by atoms with Crippen molar-refractivity contribution < 1.29 is 14.7 Å². The van der Waals surface area contributed by atoms with E-state index in [1.807, 2.05) is 6.92 Å². The molecule has 7 heteroatoms. The maximum Gasteiger partial charge on any atom is 0.319 e. The third-order valence-corrected chi connectivity index (χ3v) is 2.41. The van der Waals surface area contributed by atoms with Gasteiger partial charge >= 0.3 is 12.0 Å². The minimum atomic E-state index is -0.861. The summed E-state index contributed by atoms with van der Waals surface area (Å²) in [4.78, 5) is 29.6. The third-order valence-electron chi connectivity index (χ3n) is 2.41. The molecule has 1 heterocycles. The fourth-order valence-corrected chi connectivity index (χ4v) is 1.38. The Morgan fingerprint density at radius 3 is 2.61 bits per heavy atom. The van der Waals surface area contributed by atoms with Crippen molar-refractivity contribution in [2.75, 3.05) is 11.9 Å². The van der Waals surface area contributed by atoms with Gasteiger partial charge in [0.1, 0.15) is 6.33 Å². The number of carbonyl (C=O) groups is 2. The smallest absolute Gasteiger partial charge is 0.319 e. The van der Waals surface area contributed by atoms with Gasteiger partial charge in [-0.1, -0.05) is 13.3 Å². The van der Waals surface area contributed by atoms with Gasteiger partial charge in [-0.15, -0.1) is 0 Å². The van der Waals surface area contributed by atoms with Gasteiger partial charge < -0.3 is 15.7 Å². The molecule has 0 aliphatic heterocycles. The van der Waals surface area contributed by atoms with E-state index in [1.165, 1.54) is 18.7 Å². The van der Waals surface area contributed by atoms with Crippen molar-refractivity contribution in [3.8, 4) is 0 Å². The van der Waals surface area contributed by atoms with Crippen molar-refractivity contribution in [2.45, 2.75) is 19.8 Å². The lowest BCUT2D eigenvalue weighted by atomic mass is 10.0. The molecular formula is C11H16N4O3. The summed E-state index contributed by atoms with van der Waals surface area (Å²) in [5.41, 5.74) is 0.487. The average Bonchev–Trinajstić information content (AvgIpc) is 2.35. The summed E-state index contributed by atoms with van der Waals surface area (Å²) in [5.74, 6) is -0.930. The number of carboxylic acids is 1. The Balaban J connectivity index is 2.34. The van der Waals surface area contributed by atoms with E-state index < -0.39 is 12.0 Å². The molecule has 98 valence electrons. The van der Waals surface area contributed by atoms with E-state index in [0.29, 0.717) is 18.7 Å². The van der Waals surface area contributed by atoms with Crippen molar-refractivity contribution >= 4 is 17.7 Å². The molecule has 2 amide bonds. The van der Waals surface area contributed by atoms with Crippen LogP contribution in [0.1, 0.15) is 19.8 Å². The molecule has 1 aromatic rings. The quantitative estimate of drug-likeness (QED) is 0.703. The first-order valence-electron chi connectivity index (χ1n) is 5.63. The highest BCUT2D eigenvalue weighted by Gasteiger charge is 2.12. The molecule has 0 saturated heterocycles. The minimum Gasteiger partial charge on any atom is -0.481 e. The molecule has 1 atom stereocenters. The molecule has 0 aliphatic rings. The van der Waals surface area contributed by atoms with Crippen molar-refractivity contribution in [1.29, 1.82) is 0 Å². The van der Waals surface area contributed by atoms with Crippen LogP contribution >= 0.6 is 0 Å². The molecule has 1 rings (SSSR count). The van der Waals surface area contributed by atoms with E-state index in [-0.39, 0.29) is 12.3 Å². The summed E-state index contributed by atoms with van der Waals surface area (Å²) in [6.45, 7) is 2.21. The van der Waals surface area contributed by atoms with Crippen LogP contribution in [-0.4, -0.2) is 33.6 Å². The van der Waals surface area contributed by atoms with E-state index >= 15 is 0 Å². The maximum absolute atomic E-state index is 11.5. The zero-order valence-electron chi connectivity index (χ0n) is 10.1. The fraction of sp³-hybridized carbons (Fsp3) is 0.455. The Bertz CT molecular complexity index is 397. The van der Waals surface area contributed by atoms with Gasteiger partial charge in [0.25, 0.3) is 0 Å². The molecule has 3 N–H and O–H groups in total. The number of anilines is 1. The third kappa shape index (κ3) is 5.24. The first kappa shape index (κ1) is 13.9. The highest BCUT2D eigenvalue weighted by atomic mass is 16.4. The van der Waals surface area contributed by atoms with Gasteiger partial charge in [0.2, 0.25) is 0 Å². The summed E-state index contributed by atoms with van der Waals surface area (Å²) in [7, 11) is 0. The van der Waals surface area contributed by atoms with Crippen LogP contribution in [0.2, 0.25) is 0 Å². The molecule has 0 fully saturated rings. The second-order valence-corrected chi connectivity index (χ2v) is 3.83. The van der Waals surface area contributed by atoms with Gasteiger partial charge in [-0.25, -0.2) is 14.8 Å². The summed E-state index contributed by atoms with van der Waals surface area (Å²) < 4.78 is 0. The van der Waals surface area contributed by atoms with Crippen molar-refractivity contribution in [3.63, 3.8) is 0 Å². The summed E-state index contributed by atoms with van der Waals surface area (Å²) in [6.07, 6.45) is 5.05. The molecule has 7 nitrogen and oxygen atoms in total. The van der Waals surface area contributed by atoms with Gasteiger partial charge in [-0.3, -0.25) is 4.79 Å². The van der Waals surface area contributed by atoms with Gasteiger partial charge in [-0.2, -0.15) is 0 Å². The number of carboxylic acid groups (broad SMARTS) is 1. The number of nitrogens with zero attached hydrogens (tertiary/aromatic N) is 2. The lowest BCUT2D eigenvalue weighted by Gasteiger charge is -2.13. The Kier molecular flexibility index (Phi) is 5.56. The van der Waals surface area contributed by atoms with E-state index in [2.05, 4.69) is 20.6 Å². The lowest BCUT2D eigenvalue weighted by molar-refractivity contribution is -0.138. The van der Waals surface area contributed by atoms with Crippen molar-refractivity contribution in [2.24, 2.45) is 5.92 Å². The zero-order chi connectivity index (χ0) is 13.4. The van der Waals surface area contributed by atoms with Crippen molar-refractivity contribution in [3.05, 3.63) is 18.7 Å². The first-order chi connectivity index (χ1) is 8.61. The SMILES string of the molecule is CCC(CNC(=O)Nc1cncnc1)CC(=O)O. The number of hydrogen-bond donors (Lipinski definition) is 3. The monoisotopic (exact) mass is 252 g/mol. The Morgan fingerprint density at radius 2 is 2.06 bits per heavy atom. The van der Waals surface area contributed by atoms with Crippen LogP contribution in [0.3, 0.4) is 0 Å². The minimum absolute atomic E-state index is 0.0469. The van der Waals surface area contributed by atoms with E-state index in [0.717, 1.165) is 0 Å². The topological polar surface area (TPSA) is 104 Å². The number of hydrogen-bond acceptors (Lipinski definition) is 4.